The van der Waals surface area contributed by atoms with Crippen molar-refractivity contribution < 1.29 is 24.2 Å². The molecule has 2 aliphatic heterocycles. The molecule has 1 spiro atoms. The van der Waals surface area contributed by atoms with Gasteiger partial charge in [-0.05, 0) is 86.4 Å². The van der Waals surface area contributed by atoms with E-state index in [1.54, 1.807) is 31.3 Å². The van der Waals surface area contributed by atoms with E-state index in [0.29, 0.717) is 49.5 Å². The van der Waals surface area contributed by atoms with Gasteiger partial charge in [0.2, 0.25) is 11.8 Å². The number of carbonyl (C=O) groups is 3. The van der Waals surface area contributed by atoms with E-state index < -0.39 is 17.7 Å². The number of unbranched alkanes of at least 4 members (excludes halogenated alkanes) is 1. The number of benzene rings is 2. The van der Waals surface area contributed by atoms with Gasteiger partial charge in [-0.1, -0.05) is 51.7 Å². The molecule has 1 aliphatic carbocycles. The van der Waals surface area contributed by atoms with E-state index in [9.17, 15) is 19.5 Å². The standard InChI is InChI=1S/C36H50N4O5/c1-4-6-22-40-34(43)31(32(41)26-10-8-7-9-11-26)38-35(44)36(40)20-23-39(24-21-36)30(5-2)25-12-16-28(17-13-25)45-29-18-14-27(15-19-29)33(42)37-3/h12-19,26,30-32,41H,4-11,20-24H2,1-3H3,(H,37,42)(H,38,44)/t30-,31-,32-/m1/s1. The van der Waals surface area contributed by atoms with E-state index in [1.165, 1.54) is 12.0 Å². The van der Waals surface area contributed by atoms with Crippen molar-refractivity contribution in [3.05, 3.63) is 59.7 Å². The first-order chi connectivity index (χ1) is 21.8. The highest BCUT2D eigenvalue weighted by atomic mass is 16.5. The molecule has 5 rings (SSSR count). The van der Waals surface area contributed by atoms with Gasteiger partial charge in [0, 0.05) is 38.3 Å². The van der Waals surface area contributed by atoms with Gasteiger partial charge in [-0.2, -0.15) is 0 Å². The number of piperazine rings is 1. The van der Waals surface area contributed by atoms with Gasteiger partial charge < -0.3 is 25.4 Å². The Hall–Kier alpha value is -3.43. The van der Waals surface area contributed by atoms with Crippen LogP contribution in [0.25, 0.3) is 0 Å². The molecule has 0 radical (unpaired) electrons. The summed E-state index contributed by atoms with van der Waals surface area (Å²) in [5.74, 6) is 1.09. The lowest BCUT2D eigenvalue weighted by Crippen LogP contribution is -2.75. The molecule has 3 atom stereocenters. The molecule has 3 amide bonds. The van der Waals surface area contributed by atoms with Crippen LogP contribution in [0.2, 0.25) is 0 Å². The van der Waals surface area contributed by atoms with Crippen LogP contribution in [0.1, 0.15) is 100 Å². The summed E-state index contributed by atoms with van der Waals surface area (Å²) in [6.07, 6.45) is 8.12. The first-order valence-corrected chi connectivity index (χ1v) is 17.0. The summed E-state index contributed by atoms with van der Waals surface area (Å²) in [7, 11) is 1.61. The Morgan fingerprint density at radius 1 is 1.00 bits per heavy atom. The highest BCUT2D eigenvalue weighted by Gasteiger charge is 2.55. The number of nitrogens with one attached hydrogen (secondary N) is 2. The minimum atomic E-state index is -0.866. The predicted octanol–water partition coefficient (Wildman–Crippen LogP) is 5.19. The first kappa shape index (κ1) is 32.9. The van der Waals surface area contributed by atoms with Crippen molar-refractivity contribution in [3.63, 3.8) is 0 Å². The van der Waals surface area contributed by atoms with Crippen LogP contribution in [0.3, 0.4) is 0 Å². The van der Waals surface area contributed by atoms with Gasteiger partial charge in [0.1, 0.15) is 23.1 Å². The number of piperidine rings is 1. The highest BCUT2D eigenvalue weighted by molar-refractivity contribution is 6.00. The van der Waals surface area contributed by atoms with Crippen molar-refractivity contribution in [1.29, 1.82) is 0 Å². The van der Waals surface area contributed by atoms with Crippen LogP contribution in [0.4, 0.5) is 0 Å². The molecule has 0 bridgehead atoms. The summed E-state index contributed by atoms with van der Waals surface area (Å²) < 4.78 is 6.02. The van der Waals surface area contributed by atoms with Crippen molar-refractivity contribution >= 4 is 17.7 Å². The van der Waals surface area contributed by atoms with Crippen LogP contribution >= 0.6 is 0 Å². The molecule has 244 valence electrons. The first-order valence-electron chi connectivity index (χ1n) is 17.0. The SMILES string of the molecule is CCCCN1C(=O)[C@@H]([C@H](O)C2CCCCC2)NC(=O)C12CCN([C@H](CC)c1ccc(Oc3ccc(C(=O)NC)cc3)cc1)CC2. The maximum atomic E-state index is 14.0. The van der Waals surface area contributed by atoms with Gasteiger partial charge in [0.25, 0.3) is 5.91 Å². The Bertz CT molecular complexity index is 1300. The fraction of sp³-hybridized carbons (Fsp3) is 0.583. The molecular weight excluding hydrogens is 568 g/mol. The van der Waals surface area contributed by atoms with Crippen molar-refractivity contribution in [2.75, 3.05) is 26.7 Å². The summed E-state index contributed by atoms with van der Waals surface area (Å²) in [6.45, 7) is 6.23. The van der Waals surface area contributed by atoms with Gasteiger partial charge in [0.15, 0.2) is 0 Å². The predicted molar refractivity (Wildman–Crippen MR) is 174 cm³/mol. The number of aliphatic hydroxyl groups excluding tert-OH is 1. The monoisotopic (exact) mass is 618 g/mol. The van der Waals surface area contributed by atoms with E-state index in [0.717, 1.165) is 44.9 Å². The zero-order valence-corrected chi connectivity index (χ0v) is 27.1. The molecule has 2 aromatic carbocycles. The number of ether oxygens (including phenoxy) is 1. The van der Waals surface area contributed by atoms with E-state index in [4.69, 9.17) is 4.74 Å². The number of aliphatic hydroxyl groups is 1. The van der Waals surface area contributed by atoms with Crippen LogP contribution in [-0.4, -0.2) is 77.0 Å². The third kappa shape index (κ3) is 7.04. The van der Waals surface area contributed by atoms with Gasteiger partial charge >= 0.3 is 0 Å². The van der Waals surface area contributed by atoms with Crippen LogP contribution in [0, 0.1) is 5.92 Å². The number of rotatable bonds is 11. The third-order valence-electron chi connectivity index (χ3n) is 10.3. The van der Waals surface area contributed by atoms with Crippen LogP contribution in [0.5, 0.6) is 11.5 Å². The van der Waals surface area contributed by atoms with E-state index in [-0.39, 0.29) is 29.7 Å². The number of likely N-dealkylation sites (tertiary alicyclic amines) is 1. The molecule has 2 aromatic rings. The van der Waals surface area contributed by atoms with Crippen LogP contribution < -0.4 is 15.4 Å². The molecule has 1 saturated carbocycles. The molecule has 0 unspecified atom stereocenters. The second-order valence-corrected chi connectivity index (χ2v) is 12.9. The maximum absolute atomic E-state index is 14.0. The summed E-state index contributed by atoms with van der Waals surface area (Å²) in [4.78, 5) is 43.9. The number of amides is 3. The van der Waals surface area contributed by atoms with Crippen molar-refractivity contribution in [1.82, 2.24) is 20.4 Å². The van der Waals surface area contributed by atoms with Crippen molar-refractivity contribution in [2.24, 2.45) is 5.92 Å². The number of carbonyl (C=O) groups excluding carboxylic acids is 3. The summed E-state index contributed by atoms with van der Waals surface area (Å²) in [6, 6.07) is 14.5. The molecule has 2 saturated heterocycles. The average Bonchev–Trinajstić information content (AvgIpc) is 3.08. The molecule has 3 fully saturated rings. The van der Waals surface area contributed by atoms with Crippen molar-refractivity contribution in [3.8, 4) is 11.5 Å². The smallest absolute Gasteiger partial charge is 0.251 e. The fourth-order valence-corrected chi connectivity index (χ4v) is 7.58. The lowest BCUT2D eigenvalue weighted by molar-refractivity contribution is -0.166. The zero-order valence-electron chi connectivity index (χ0n) is 27.1. The average molecular weight is 619 g/mol. The Morgan fingerprint density at radius 2 is 1.62 bits per heavy atom. The Balaban J connectivity index is 1.25. The van der Waals surface area contributed by atoms with Gasteiger partial charge in [0.05, 0.1) is 6.10 Å². The quantitative estimate of drug-likeness (QED) is 0.320. The lowest BCUT2D eigenvalue weighted by Gasteiger charge is -2.53. The lowest BCUT2D eigenvalue weighted by atomic mass is 9.77. The summed E-state index contributed by atoms with van der Waals surface area (Å²) >= 11 is 0. The second kappa shape index (κ2) is 14.8. The normalized spacial score (nSPS) is 22.1. The molecule has 45 heavy (non-hydrogen) atoms. The largest absolute Gasteiger partial charge is 0.457 e. The van der Waals surface area contributed by atoms with Gasteiger partial charge in [-0.25, -0.2) is 0 Å². The van der Waals surface area contributed by atoms with Crippen molar-refractivity contribution in [2.45, 2.75) is 102 Å². The summed E-state index contributed by atoms with van der Waals surface area (Å²) in [5.41, 5.74) is 0.891. The molecule has 2 heterocycles. The maximum Gasteiger partial charge on any atom is 0.251 e. The molecule has 3 aliphatic rings. The van der Waals surface area contributed by atoms with E-state index >= 15 is 0 Å². The highest BCUT2D eigenvalue weighted by Crippen LogP contribution is 2.39. The van der Waals surface area contributed by atoms with E-state index in [1.807, 2.05) is 17.0 Å². The molecular formula is C36H50N4O5. The second-order valence-electron chi connectivity index (χ2n) is 12.9. The molecule has 3 N–H and O–H groups in total. The number of hydrogen-bond acceptors (Lipinski definition) is 6. The summed E-state index contributed by atoms with van der Waals surface area (Å²) in [5, 5.41) is 16.9. The molecule has 9 nitrogen and oxygen atoms in total. The Kier molecular flexibility index (Phi) is 10.8. The van der Waals surface area contributed by atoms with Gasteiger partial charge in [-0.15, -0.1) is 0 Å². The third-order valence-corrected chi connectivity index (χ3v) is 10.3. The zero-order chi connectivity index (χ0) is 32.0. The topological polar surface area (TPSA) is 111 Å². The molecule has 0 aromatic heterocycles. The Labute approximate surface area is 267 Å². The number of hydrogen-bond donors (Lipinski definition) is 3. The minimum Gasteiger partial charge on any atom is -0.457 e. The fourth-order valence-electron chi connectivity index (χ4n) is 7.58. The molecule has 9 heteroatoms. The van der Waals surface area contributed by atoms with Crippen LogP contribution in [0.15, 0.2) is 48.5 Å². The van der Waals surface area contributed by atoms with E-state index in [2.05, 4.69) is 41.5 Å². The number of nitrogens with zero attached hydrogens (tertiary/aromatic N) is 2. The Morgan fingerprint density at radius 3 is 2.20 bits per heavy atom. The minimum absolute atomic E-state index is 0.0635. The van der Waals surface area contributed by atoms with Crippen LogP contribution in [-0.2, 0) is 9.59 Å². The van der Waals surface area contributed by atoms with Gasteiger partial charge in [-0.3, -0.25) is 19.3 Å².